The highest BCUT2D eigenvalue weighted by Crippen LogP contribution is 2.00. The summed E-state index contributed by atoms with van der Waals surface area (Å²) in [6.45, 7) is 2.27. The van der Waals surface area contributed by atoms with Crippen LogP contribution in [0.1, 0.15) is 13.8 Å². The van der Waals surface area contributed by atoms with Crippen LogP contribution >= 0.6 is 0 Å². The molecule has 0 aromatic carbocycles. The summed E-state index contributed by atoms with van der Waals surface area (Å²) in [5.74, 6) is -1.91. The second-order valence-corrected chi connectivity index (χ2v) is 2.22. The van der Waals surface area contributed by atoms with Crippen molar-refractivity contribution in [3.63, 3.8) is 0 Å². The van der Waals surface area contributed by atoms with E-state index in [0.29, 0.717) is 0 Å². The van der Waals surface area contributed by atoms with Crippen LogP contribution in [0.2, 0.25) is 0 Å². The largest absolute Gasteiger partial charge is 0.479 e. The molecule has 0 aliphatic carbocycles. The minimum absolute atomic E-state index is 0.545. The first kappa shape index (κ1) is 9.43. The highest BCUT2D eigenvalue weighted by Gasteiger charge is 2.33. The van der Waals surface area contributed by atoms with Crippen molar-refractivity contribution in [2.24, 2.45) is 0 Å². The fourth-order valence-corrected chi connectivity index (χ4v) is 0.481. The van der Waals surface area contributed by atoms with Crippen molar-refractivity contribution in [1.29, 1.82) is 5.26 Å². The molecule has 0 radical (unpaired) electrons. The van der Waals surface area contributed by atoms with Gasteiger partial charge in [-0.25, -0.2) is 4.79 Å². The average Bonchev–Trinajstić information content (AvgIpc) is 1.86. The molecular formula is C6H8N2O3. The van der Waals surface area contributed by atoms with E-state index >= 15 is 0 Å². The van der Waals surface area contributed by atoms with Gasteiger partial charge in [0, 0.05) is 6.92 Å². The molecule has 0 aromatic heterocycles. The molecule has 60 valence electrons. The Morgan fingerprint density at radius 1 is 1.64 bits per heavy atom. The Morgan fingerprint density at radius 2 is 2.09 bits per heavy atom. The van der Waals surface area contributed by atoms with E-state index in [4.69, 9.17) is 10.4 Å². The third-order valence-electron chi connectivity index (χ3n) is 1.08. The summed E-state index contributed by atoms with van der Waals surface area (Å²) >= 11 is 0. The Labute approximate surface area is 63.6 Å². The van der Waals surface area contributed by atoms with Crippen LogP contribution in [-0.4, -0.2) is 22.5 Å². The van der Waals surface area contributed by atoms with Crippen LogP contribution in [0.25, 0.3) is 0 Å². The van der Waals surface area contributed by atoms with Gasteiger partial charge in [0.1, 0.15) is 6.07 Å². The molecule has 0 rings (SSSR count). The van der Waals surface area contributed by atoms with Gasteiger partial charge in [0.05, 0.1) is 0 Å². The molecule has 0 aliphatic rings. The molecule has 5 heteroatoms. The molecule has 0 saturated carbocycles. The monoisotopic (exact) mass is 156 g/mol. The number of carboxylic acids is 1. The fraction of sp³-hybridized carbons (Fsp3) is 0.500. The normalized spacial score (nSPS) is 14.3. The zero-order valence-corrected chi connectivity index (χ0v) is 6.21. The summed E-state index contributed by atoms with van der Waals surface area (Å²) in [5.41, 5.74) is -1.81. The topological polar surface area (TPSA) is 90.2 Å². The van der Waals surface area contributed by atoms with Crippen LogP contribution in [0.5, 0.6) is 0 Å². The van der Waals surface area contributed by atoms with Gasteiger partial charge >= 0.3 is 5.97 Å². The van der Waals surface area contributed by atoms with Crippen molar-refractivity contribution in [2.75, 3.05) is 0 Å². The van der Waals surface area contributed by atoms with Crippen molar-refractivity contribution in [1.82, 2.24) is 5.32 Å². The number of hydrogen-bond donors (Lipinski definition) is 2. The predicted molar refractivity (Wildman–Crippen MR) is 35.5 cm³/mol. The van der Waals surface area contributed by atoms with E-state index < -0.39 is 17.4 Å². The summed E-state index contributed by atoms with van der Waals surface area (Å²) in [7, 11) is 0. The Morgan fingerprint density at radius 3 is 2.18 bits per heavy atom. The molecule has 2 N–H and O–H groups in total. The minimum atomic E-state index is -1.81. The average molecular weight is 156 g/mol. The number of amides is 1. The van der Waals surface area contributed by atoms with Gasteiger partial charge in [-0.15, -0.1) is 0 Å². The molecule has 0 saturated heterocycles. The van der Waals surface area contributed by atoms with Gasteiger partial charge in [-0.05, 0) is 6.92 Å². The smallest absolute Gasteiger partial charge is 0.344 e. The van der Waals surface area contributed by atoms with E-state index in [-0.39, 0.29) is 0 Å². The molecule has 11 heavy (non-hydrogen) atoms. The molecule has 1 amide bonds. The third-order valence-corrected chi connectivity index (χ3v) is 1.08. The van der Waals surface area contributed by atoms with Gasteiger partial charge in [-0.1, -0.05) is 0 Å². The van der Waals surface area contributed by atoms with Crippen LogP contribution in [0.3, 0.4) is 0 Å². The third kappa shape index (κ3) is 2.26. The lowest BCUT2D eigenvalue weighted by Crippen LogP contribution is -2.50. The van der Waals surface area contributed by atoms with E-state index in [0.717, 1.165) is 13.8 Å². The first-order valence-electron chi connectivity index (χ1n) is 2.86. The number of aliphatic carboxylic acids is 1. The molecule has 0 bridgehead atoms. The molecule has 5 nitrogen and oxygen atoms in total. The van der Waals surface area contributed by atoms with E-state index in [2.05, 4.69) is 0 Å². The maximum Gasteiger partial charge on any atom is 0.344 e. The Hall–Kier alpha value is -1.57. The van der Waals surface area contributed by atoms with Crippen molar-refractivity contribution in [3.05, 3.63) is 0 Å². The van der Waals surface area contributed by atoms with Gasteiger partial charge < -0.3 is 10.4 Å². The van der Waals surface area contributed by atoms with Gasteiger partial charge in [0.2, 0.25) is 11.4 Å². The summed E-state index contributed by atoms with van der Waals surface area (Å²) in [4.78, 5) is 20.7. The van der Waals surface area contributed by atoms with Gasteiger partial charge in [0.25, 0.3) is 0 Å². The molecule has 1 atom stereocenters. The van der Waals surface area contributed by atoms with Crippen LogP contribution in [0.15, 0.2) is 0 Å². The number of carboxylic acid groups (broad SMARTS) is 1. The van der Waals surface area contributed by atoms with E-state index in [9.17, 15) is 9.59 Å². The summed E-state index contributed by atoms with van der Waals surface area (Å²) in [6.07, 6.45) is 0. The van der Waals surface area contributed by atoms with E-state index in [1.54, 1.807) is 0 Å². The summed E-state index contributed by atoms with van der Waals surface area (Å²) in [6, 6.07) is 1.48. The number of nitrogens with one attached hydrogen (secondary N) is 1. The zero-order valence-electron chi connectivity index (χ0n) is 6.21. The van der Waals surface area contributed by atoms with Crippen molar-refractivity contribution in [2.45, 2.75) is 19.4 Å². The number of hydrogen-bond acceptors (Lipinski definition) is 3. The molecule has 0 aliphatic heterocycles. The van der Waals surface area contributed by atoms with Crippen LogP contribution in [0.4, 0.5) is 0 Å². The zero-order chi connectivity index (χ0) is 9.07. The highest BCUT2D eigenvalue weighted by molar-refractivity contribution is 5.88. The lowest BCUT2D eigenvalue weighted by Gasteiger charge is -2.15. The van der Waals surface area contributed by atoms with E-state index in [1.807, 2.05) is 5.32 Å². The van der Waals surface area contributed by atoms with E-state index in [1.165, 1.54) is 6.07 Å². The maximum absolute atomic E-state index is 10.4. The van der Waals surface area contributed by atoms with Gasteiger partial charge in [0.15, 0.2) is 0 Å². The molecule has 0 unspecified atom stereocenters. The van der Waals surface area contributed by atoms with Crippen molar-refractivity contribution >= 4 is 11.9 Å². The highest BCUT2D eigenvalue weighted by atomic mass is 16.4. The summed E-state index contributed by atoms with van der Waals surface area (Å²) < 4.78 is 0. The summed E-state index contributed by atoms with van der Waals surface area (Å²) in [5, 5.41) is 18.8. The van der Waals surface area contributed by atoms with Crippen LogP contribution in [0, 0.1) is 11.3 Å². The fourth-order valence-electron chi connectivity index (χ4n) is 0.481. The Balaban J connectivity index is 4.51. The first-order chi connectivity index (χ1) is 4.92. The number of carbonyl (C=O) groups is 2. The lowest BCUT2D eigenvalue weighted by molar-refractivity contribution is -0.144. The first-order valence-corrected chi connectivity index (χ1v) is 2.86. The standard InChI is InChI=1S/C6H8N2O3/c1-4(9)8-6(2,3-7)5(10)11/h1-2H3,(H,8,9)(H,10,11)/t6-/m1/s1. The lowest BCUT2D eigenvalue weighted by atomic mass is 10.1. The predicted octanol–water partition coefficient (Wildman–Crippen LogP) is -0.511. The maximum atomic E-state index is 10.4. The quantitative estimate of drug-likeness (QED) is 0.563. The number of rotatable bonds is 2. The minimum Gasteiger partial charge on any atom is -0.479 e. The van der Waals surface area contributed by atoms with Gasteiger partial charge in [-0.3, -0.25) is 4.79 Å². The van der Waals surface area contributed by atoms with Crippen LogP contribution < -0.4 is 5.32 Å². The van der Waals surface area contributed by atoms with Crippen molar-refractivity contribution in [3.8, 4) is 6.07 Å². The number of carbonyl (C=O) groups excluding carboxylic acids is 1. The van der Waals surface area contributed by atoms with Crippen LogP contribution in [-0.2, 0) is 9.59 Å². The van der Waals surface area contributed by atoms with Gasteiger partial charge in [-0.2, -0.15) is 5.26 Å². The molecule has 0 heterocycles. The molecular weight excluding hydrogens is 148 g/mol. The Bertz CT molecular complexity index is 230. The SMILES string of the molecule is CC(=O)N[C@](C)(C#N)C(=O)O. The van der Waals surface area contributed by atoms with Crippen molar-refractivity contribution < 1.29 is 14.7 Å². The second kappa shape index (κ2) is 3.01. The number of nitrogens with zero attached hydrogens (tertiary/aromatic N) is 1. The Kier molecular flexibility index (Phi) is 2.58. The molecule has 0 aromatic rings. The molecule has 0 spiro atoms. The second-order valence-electron chi connectivity index (χ2n) is 2.22. The number of nitriles is 1. The molecule has 0 fully saturated rings.